The van der Waals surface area contributed by atoms with Crippen LogP contribution in [0.5, 0.6) is 0 Å². The third-order valence-electron chi connectivity index (χ3n) is 3.72. The molecule has 1 fully saturated rings. The average molecular weight is 305 g/mol. The van der Waals surface area contributed by atoms with E-state index in [0.29, 0.717) is 23.1 Å². The largest absolute Gasteiger partial charge is 0.451 e. The van der Waals surface area contributed by atoms with Crippen LogP contribution in [0.2, 0.25) is 5.02 Å². The lowest BCUT2D eigenvalue weighted by Crippen LogP contribution is -2.52. The summed E-state index contributed by atoms with van der Waals surface area (Å²) in [5.41, 5.74) is 0.798. The number of piperazine rings is 1. The molecular formula is C16H17ClN2O2. The van der Waals surface area contributed by atoms with Crippen molar-refractivity contribution in [2.24, 2.45) is 0 Å². The molecule has 1 unspecified atom stereocenters. The molecule has 1 aliphatic rings. The summed E-state index contributed by atoms with van der Waals surface area (Å²) < 4.78 is 5.72. The van der Waals surface area contributed by atoms with E-state index in [9.17, 15) is 4.79 Å². The van der Waals surface area contributed by atoms with E-state index in [0.717, 1.165) is 18.7 Å². The molecule has 0 aliphatic carbocycles. The molecule has 1 amide bonds. The van der Waals surface area contributed by atoms with Gasteiger partial charge in [-0.05, 0) is 31.2 Å². The molecular weight excluding hydrogens is 288 g/mol. The summed E-state index contributed by atoms with van der Waals surface area (Å²) in [4.78, 5) is 14.4. The van der Waals surface area contributed by atoms with Crippen molar-refractivity contribution in [2.45, 2.75) is 13.0 Å². The number of carbonyl (C=O) groups is 1. The molecule has 1 atom stereocenters. The van der Waals surface area contributed by atoms with Crippen LogP contribution in [-0.4, -0.2) is 36.5 Å². The second-order valence-electron chi connectivity index (χ2n) is 5.20. The average Bonchev–Trinajstić information content (AvgIpc) is 2.97. The zero-order chi connectivity index (χ0) is 14.8. The normalized spacial score (nSPS) is 18.8. The van der Waals surface area contributed by atoms with Crippen LogP contribution in [0.15, 0.2) is 40.8 Å². The lowest BCUT2D eigenvalue weighted by atomic mass is 10.2. The first-order valence-electron chi connectivity index (χ1n) is 7.03. The molecule has 0 saturated carbocycles. The summed E-state index contributed by atoms with van der Waals surface area (Å²) in [5.74, 6) is 0.910. The molecule has 0 spiro atoms. The van der Waals surface area contributed by atoms with Crippen molar-refractivity contribution >= 4 is 17.5 Å². The van der Waals surface area contributed by atoms with Crippen LogP contribution in [0, 0.1) is 0 Å². The number of amides is 1. The molecule has 0 bridgehead atoms. The fourth-order valence-corrected chi connectivity index (χ4v) is 2.77. The van der Waals surface area contributed by atoms with Gasteiger partial charge < -0.3 is 14.6 Å². The predicted octanol–water partition coefficient (Wildman–Crippen LogP) is 3.03. The SMILES string of the molecule is CC1CNCCN1C(=O)c1ccc(-c2ccccc2Cl)o1. The van der Waals surface area contributed by atoms with Crippen molar-refractivity contribution in [2.75, 3.05) is 19.6 Å². The van der Waals surface area contributed by atoms with Crippen LogP contribution in [0.3, 0.4) is 0 Å². The lowest BCUT2D eigenvalue weighted by molar-refractivity contribution is 0.0624. The minimum absolute atomic E-state index is 0.0673. The van der Waals surface area contributed by atoms with Gasteiger partial charge in [0, 0.05) is 31.2 Å². The third kappa shape index (κ3) is 2.82. The molecule has 1 saturated heterocycles. The smallest absolute Gasteiger partial charge is 0.289 e. The highest BCUT2D eigenvalue weighted by Gasteiger charge is 2.26. The maximum Gasteiger partial charge on any atom is 0.289 e. The third-order valence-corrected chi connectivity index (χ3v) is 4.05. The summed E-state index contributed by atoms with van der Waals surface area (Å²) in [7, 11) is 0. The lowest BCUT2D eigenvalue weighted by Gasteiger charge is -2.33. The quantitative estimate of drug-likeness (QED) is 0.927. The highest BCUT2D eigenvalue weighted by Crippen LogP contribution is 2.29. The van der Waals surface area contributed by atoms with Gasteiger partial charge in [0.25, 0.3) is 5.91 Å². The topological polar surface area (TPSA) is 45.5 Å². The number of carbonyl (C=O) groups excluding carboxylic acids is 1. The van der Waals surface area contributed by atoms with Crippen molar-refractivity contribution in [1.29, 1.82) is 0 Å². The molecule has 4 nitrogen and oxygen atoms in total. The van der Waals surface area contributed by atoms with Gasteiger partial charge in [0.15, 0.2) is 5.76 Å². The monoisotopic (exact) mass is 304 g/mol. The Labute approximate surface area is 128 Å². The van der Waals surface area contributed by atoms with E-state index < -0.39 is 0 Å². The van der Waals surface area contributed by atoms with Crippen LogP contribution in [-0.2, 0) is 0 Å². The van der Waals surface area contributed by atoms with E-state index in [1.165, 1.54) is 0 Å². The van der Waals surface area contributed by atoms with Crippen LogP contribution in [0.1, 0.15) is 17.5 Å². The number of nitrogens with one attached hydrogen (secondary N) is 1. The van der Waals surface area contributed by atoms with Crippen molar-refractivity contribution in [3.05, 3.63) is 47.2 Å². The van der Waals surface area contributed by atoms with Crippen molar-refractivity contribution in [3.63, 3.8) is 0 Å². The Kier molecular flexibility index (Phi) is 3.99. The number of halogens is 1. The minimum atomic E-state index is -0.0673. The fourth-order valence-electron chi connectivity index (χ4n) is 2.54. The zero-order valence-corrected chi connectivity index (χ0v) is 12.6. The highest BCUT2D eigenvalue weighted by atomic mass is 35.5. The predicted molar refractivity (Wildman–Crippen MR) is 82.5 cm³/mol. The van der Waals surface area contributed by atoms with Crippen LogP contribution >= 0.6 is 11.6 Å². The van der Waals surface area contributed by atoms with Gasteiger partial charge in [-0.3, -0.25) is 4.79 Å². The van der Waals surface area contributed by atoms with Gasteiger partial charge in [0.1, 0.15) is 5.76 Å². The van der Waals surface area contributed by atoms with Crippen LogP contribution < -0.4 is 5.32 Å². The first kappa shape index (κ1) is 14.2. The van der Waals surface area contributed by atoms with Gasteiger partial charge in [-0.2, -0.15) is 0 Å². The standard InChI is InChI=1S/C16H17ClN2O2/c1-11-10-18-8-9-19(11)16(20)15-7-6-14(21-15)12-4-2-3-5-13(12)17/h2-7,11,18H,8-10H2,1H3. The van der Waals surface area contributed by atoms with Gasteiger partial charge >= 0.3 is 0 Å². The molecule has 1 N–H and O–H groups in total. The summed E-state index contributed by atoms with van der Waals surface area (Å²) in [6.07, 6.45) is 0. The van der Waals surface area contributed by atoms with Crippen molar-refractivity contribution < 1.29 is 9.21 Å². The Hall–Kier alpha value is -1.78. The number of benzene rings is 1. The molecule has 2 aromatic rings. The summed E-state index contributed by atoms with van der Waals surface area (Å²) in [6.45, 7) is 4.35. The Morgan fingerprint density at radius 3 is 2.90 bits per heavy atom. The number of nitrogens with zero attached hydrogens (tertiary/aromatic N) is 1. The second-order valence-corrected chi connectivity index (χ2v) is 5.60. The summed E-state index contributed by atoms with van der Waals surface area (Å²) in [6, 6.07) is 11.1. The van der Waals surface area contributed by atoms with E-state index in [1.807, 2.05) is 30.0 Å². The molecule has 3 rings (SSSR count). The van der Waals surface area contributed by atoms with E-state index in [4.69, 9.17) is 16.0 Å². The summed E-state index contributed by atoms with van der Waals surface area (Å²) in [5, 5.41) is 3.88. The van der Waals surface area contributed by atoms with Crippen LogP contribution in [0.4, 0.5) is 0 Å². The maximum atomic E-state index is 12.5. The molecule has 5 heteroatoms. The molecule has 2 heterocycles. The number of rotatable bonds is 2. The first-order chi connectivity index (χ1) is 10.2. The van der Waals surface area contributed by atoms with Crippen LogP contribution in [0.25, 0.3) is 11.3 Å². The molecule has 1 aromatic carbocycles. The van der Waals surface area contributed by atoms with Gasteiger partial charge in [0.2, 0.25) is 0 Å². The maximum absolute atomic E-state index is 12.5. The van der Waals surface area contributed by atoms with E-state index >= 15 is 0 Å². The van der Waals surface area contributed by atoms with E-state index in [1.54, 1.807) is 18.2 Å². The Morgan fingerprint density at radius 2 is 2.14 bits per heavy atom. The van der Waals surface area contributed by atoms with E-state index in [-0.39, 0.29) is 11.9 Å². The molecule has 21 heavy (non-hydrogen) atoms. The molecule has 1 aromatic heterocycles. The number of hydrogen-bond acceptors (Lipinski definition) is 3. The fraction of sp³-hybridized carbons (Fsp3) is 0.312. The highest BCUT2D eigenvalue weighted by molar-refractivity contribution is 6.33. The Bertz CT molecular complexity index is 653. The minimum Gasteiger partial charge on any atom is -0.451 e. The van der Waals surface area contributed by atoms with Gasteiger partial charge in [-0.15, -0.1) is 0 Å². The molecule has 1 aliphatic heterocycles. The van der Waals surface area contributed by atoms with Gasteiger partial charge in [0.05, 0.1) is 5.02 Å². The zero-order valence-electron chi connectivity index (χ0n) is 11.8. The summed E-state index contributed by atoms with van der Waals surface area (Å²) >= 11 is 6.16. The Morgan fingerprint density at radius 1 is 1.33 bits per heavy atom. The van der Waals surface area contributed by atoms with Crippen molar-refractivity contribution in [1.82, 2.24) is 10.2 Å². The van der Waals surface area contributed by atoms with Gasteiger partial charge in [-0.25, -0.2) is 0 Å². The first-order valence-corrected chi connectivity index (χ1v) is 7.41. The second kappa shape index (κ2) is 5.92. The number of hydrogen-bond donors (Lipinski definition) is 1. The van der Waals surface area contributed by atoms with Crippen molar-refractivity contribution in [3.8, 4) is 11.3 Å². The molecule has 110 valence electrons. The van der Waals surface area contributed by atoms with E-state index in [2.05, 4.69) is 5.32 Å². The number of furan rings is 1. The van der Waals surface area contributed by atoms with Gasteiger partial charge in [-0.1, -0.05) is 23.7 Å². The Balaban J connectivity index is 1.85. The molecule has 0 radical (unpaired) electrons.